The van der Waals surface area contributed by atoms with Gasteiger partial charge in [0.1, 0.15) is 5.75 Å². The molecule has 1 aromatic carbocycles. The van der Waals surface area contributed by atoms with Crippen LogP contribution in [0.4, 0.5) is 0 Å². The molecule has 0 unspecified atom stereocenters. The number of hydrogen-bond donors (Lipinski definition) is 1. The van der Waals surface area contributed by atoms with Crippen LogP contribution in [0.5, 0.6) is 5.75 Å². The van der Waals surface area contributed by atoms with Crippen molar-refractivity contribution in [3.8, 4) is 5.75 Å². The number of carbonyl (C=O) groups excluding carboxylic acids is 1. The second-order valence-electron chi connectivity index (χ2n) is 3.69. The van der Waals surface area contributed by atoms with E-state index in [4.69, 9.17) is 10.5 Å². The summed E-state index contributed by atoms with van der Waals surface area (Å²) in [6.07, 6.45) is 0.831. The maximum absolute atomic E-state index is 10.8. The predicted octanol–water partition coefficient (Wildman–Crippen LogP) is 1.55. The van der Waals surface area contributed by atoms with Crippen LogP contribution in [0.15, 0.2) is 24.3 Å². The molecule has 0 heterocycles. The van der Waals surface area contributed by atoms with E-state index in [0.717, 1.165) is 12.0 Å². The van der Waals surface area contributed by atoms with Crippen LogP contribution in [-0.2, 0) is 16.0 Å². The smallest absolute Gasteiger partial charge is 0.343 e. The predicted molar refractivity (Wildman–Crippen MR) is 68.6 cm³/mol. The molecule has 0 radical (unpaired) electrons. The first-order valence-electron chi connectivity index (χ1n) is 5.16. The van der Waals surface area contributed by atoms with Gasteiger partial charge < -0.3 is 15.2 Å². The van der Waals surface area contributed by atoms with Crippen molar-refractivity contribution >= 4 is 18.4 Å². The molecular weight excluding hydrogens is 242 g/mol. The molecule has 4 nitrogen and oxygen atoms in total. The van der Waals surface area contributed by atoms with Crippen LogP contribution in [0.25, 0.3) is 0 Å². The second-order valence-corrected chi connectivity index (χ2v) is 3.69. The fourth-order valence-electron chi connectivity index (χ4n) is 1.29. The Morgan fingerprint density at radius 3 is 2.41 bits per heavy atom. The zero-order chi connectivity index (χ0) is 12.0. The Bertz CT molecular complexity index is 338. The van der Waals surface area contributed by atoms with Crippen molar-refractivity contribution in [2.24, 2.45) is 5.73 Å². The molecule has 0 aliphatic carbocycles. The summed E-state index contributed by atoms with van der Waals surface area (Å²) >= 11 is 0. The van der Waals surface area contributed by atoms with E-state index >= 15 is 0 Å². The fraction of sp³-hybridized carbons (Fsp3) is 0.417. The zero-order valence-corrected chi connectivity index (χ0v) is 10.8. The number of nitrogens with two attached hydrogens (primary N) is 1. The monoisotopic (exact) mass is 259 g/mol. The lowest BCUT2D eigenvalue weighted by molar-refractivity contribution is -0.142. The van der Waals surface area contributed by atoms with E-state index in [1.54, 1.807) is 0 Å². The SMILES string of the molecule is COC(=O)COc1ccc(C[C@@H](C)N)cc1.Cl. The average Bonchev–Trinajstić information content (AvgIpc) is 2.27. The summed E-state index contributed by atoms with van der Waals surface area (Å²) in [7, 11) is 1.33. The molecule has 1 aromatic rings. The number of ether oxygens (including phenoxy) is 2. The summed E-state index contributed by atoms with van der Waals surface area (Å²) in [4.78, 5) is 10.8. The summed E-state index contributed by atoms with van der Waals surface area (Å²) in [6.45, 7) is 1.89. The van der Waals surface area contributed by atoms with Crippen LogP contribution in [0.2, 0.25) is 0 Å². The van der Waals surface area contributed by atoms with Gasteiger partial charge in [-0.1, -0.05) is 12.1 Å². The van der Waals surface area contributed by atoms with Crippen molar-refractivity contribution in [3.05, 3.63) is 29.8 Å². The lowest BCUT2D eigenvalue weighted by Gasteiger charge is -2.07. The van der Waals surface area contributed by atoms with Gasteiger partial charge in [-0.2, -0.15) is 0 Å². The van der Waals surface area contributed by atoms with Gasteiger partial charge in [0.05, 0.1) is 7.11 Å². The number of halogens is 1. The summed E-state index contributed by atoms with van der Waals surface area (Å²) in [5.41, 5.74) is 6.84. The highest BCUT2D eigenvalue weighted by molar-refractivity contribution is 5.85. The molecule has 2 N–H and O–H groups in total. The van der Waals surface area contributed by atoms with Gasteiger partial charge >= 0.3 is 5.97 Å². The largest absolute Gasteiger partial charge is 0.482 e. The van der Waals surface area contributed by atoms with Gasteiger partial charge in [0.25, 0.3) is 0 Å². The number of hydrogen-bond acceptors (Lipinski definition) is 4. The molecule has 96 valence electrons. The molecule has 0 aliphatic rings. The molecule has 0 fully saturated rings. The van der Waals surface area contributed by atoms with Crippen molar-refractivity contribution < 1.29 is 14.3 Å². The first kappa shape index (κ1) is 15.7. The average molecular weight is 260 g/mol. The maximum atomic E-state index is 10.8. The van der Waals surface area contributed by atoms with E-state index in [2.05, 4.69) is 4.74 Å². The number of carbonyl (C=O) groups is 1. The van der Waals surface area contributed by atoms with Crippen LogP contribution in [0.3, 0.4) is 0 Å². The zero-order valence-electron chi connectivity index (χ0n) is 10.0. The maximum Gasteiger partial charge on any atom is 0.343 e. The fourth-order valence-corrected chi connectivity index (χ4v) is 1.29. The molecule has 0 aromatic heterocycles. The highest BCUT2D eigenvalue weighted by atomic mass is 35.5. The Balaban J connectivity index is 0.00000256. The molecule has 0 aliphatic heterocycles. The minimum absolute atomic E-state index is 0. The van der Waals surface area contributed by atoms with Crippen LogP contribution in [0.1, 0.15) is 12.5 Å². The van der Waals surface area contributed by atoms with Crippen molar-refractivity contribution in [1.29, 1.82) is 0 Å². The first-order valence-corrected chi connectivity index (χ1v) is 5.16. The van der Waals surface area contributed by atoms with Gasteiger partial charge in [-0.05, 0) is 31.0 Å². The minimum Gasteiger partial charge on any atom is -0.482 e. The standard InChI is InChI=1S/C12H17NO3.ClH/c1-9(13)7-10-3-5-11(6-4-10)16-8-12(14)15-2;/h3-6,9H,7-8,13H2,1-2H3;1H/t9-;/m1./s1. The Kier molecular flexibility index (Phi) is 7.34. The third-order valence-corrected chi connectivity index (χ3v) is 2.07. The Labute approximate surface area is 108 Å². The minimum atomic E-state index is -0.389. The molecule has 0 amide bonds. The van der Waals surface area contributed by atoms with Crippen LogP contribution < -0.4 is 10.5 Å². The summed E-state index contributed by atoms with van der Waals surface area (Å²) in [6, 6.07) is 7.66. The van der Waals surface area contributed by atoms with Gasteiger partial charge in [0.15, 0.2) is 6.61 Å². The normalized spacial score (nSPS) is 11.2. The third kappa shape index (κ3) is 6.14. The van der Waals surface area contributed by atoms with E-state index in [1.165, 1.54) is 7.11 Å². The quantitative estimate of drug-likeness (QED) is 0.815. The van der Waals surface area contributed by atoms with Crippen LogP contribution in [0, 0.1) is 0 Å². The van der Waals surface area contributed by atoms with Gasteiger partial charge in [0, 0.05) is 6.04 Å². The molecule has 1 atom stereocenters. The van der Waals surface area contributed by atoms with Gasteiger partial charge in [-0.25, -0.2) is 4.79 Å². The van der Waals surface area contributed by atoms with Gasteiger partial charge in [-0.3, -0.25) is 0 Å². The summed E-state index contributed by atoms with van der Waals surface area (Å²) in [5, 5.41) is 0. The van der Waals surface area contributed by atoms with Crippen molar-refractivity contribution in [1.82, 2.24) is 0 Å². The number of benzene rings is 1. The van der Waals surface area contributed by atoms with Gasteiger partial charge in [0.2, 0.25) is 0 Å². The number of rotatable bonds is 5. The molecular formula is C12H18ClNO3. The number of esters is 1. The van der Waals surface area contributed by atoms with Crippen LogP contribution in [-0.4, -0.2) is 25.7 Å². The molecule has 5 heteroatoms. The van der Waals surface area contributed by atoms with E-state index in [9.17, 15) is 4.79 Å². The molecule has 0 saturated heterocycles. The van der Waals surface area contributed by atoms with Crippen LogP contribution >= 0.6 is 12.4 Å². The van der Waals surface area contributed by atoms with E-state index in [0.29, 0.717) is 5.75 Å². The molecule has 0 spiro atoms. The summed E-state index contributed by atoms with van der Waals surface area (Å²) in [5.74, 6) is 0.262. The van der Waals surface area contributed by atoms with E-state index < -0.39 is 0 Å². The van der Waals surface area contributed by atoms with E-state index in [-0.39, 0.29) is 31.0 Å². The Morgan fingerprint density at radius 2 is 1.94 bits per heavy atom. The number of methoxy groups -OCH3 is 1. The molecule has 1 rings (SSSR count). The lowest BCUT2D eigenvalue weighted by atomic mass is 10.1. The first-order chi connectivity index (χ1) is 7.61. The topological polar surface area (TPSA) is 61.5 Å². The van der Waals surface area contributed by atoms with Crippen molar-refractivity contribution in [2.75, 3.05) is 13.7 Å². The second kappa shape index (κ2) is 7.92. The van der Waals surface area contributed by atoms with E-state index in [1.807, 2.05) is 31.2 Å². The highest BCUT2D eigenvalue weighted by Crippen LogP contribution is 2.13. The van der Waals surface area contributed by atoms with Crippen molar-refractivity contribution in [2.45, 2.75) is 19.4 Å². The third-order valence-electron chi connectivity index (χ3n) is 2.07. The molecule has 17 heavy (non-hydrogen) atoms. The summed E-state index contributed by atoms with van der Waals surface area (Å²) < 4.78 is 9.68. The molecule has 0 bridgehead atoms. The Morgan fingerprint density at radius 1 is 1.35 bits per heavy atom. The van der Waals surface area contributed by atoms with Crippen molar-refractivity contribution in [3.63, 3.8) is 0 Å². The van der Waals surface area contributed by atoms with Gasteiger partial charge in [-0.15, -0.1) is 12.4 Å². The molecule has 0 saturated carbocycles. The highest BCUT2D eigenvalue weighted by Gasteiger charge is 2.02. The lowest BCUT2D eigenvalue weighted by Crippen LogP contribution is -2.17. The Hall–Kier alpha value is -1.26.